The van der Waals surface area contributed by atoms with Crippen LogP contribution in [0.15, 0.2) is 21.1 Å². The number of hydrogen-bond acceptors (Lipinski definition) is 4. The molecule has 0 radical (unpaired) electrons. The van der Waals surface area contributed by atoms with Gasteiger partial charge in [-0.05, 0) is 48.0 Å². The molecule has 0 aliphatic carbocycles. The van der Waals surface area contributed by atoms with Gasteiger partial charge in [0.2, 0.25) is 0 Å². The summed E-state index contributed by atoms with van der Waals surface area (Å²) in [5.74, 6) is 1.03. The maximum Gasteiger partial charge on any atom is 0.147 e. The van der Waals surface area contributed by atoms with Crippen molar-refractivity contribution in [3.05, 3.63) is 26.6 Å². The lowest BCUT2D eigenvalue weighted by molar-refractivity contribution is 0.333. The van der Waals surface area contributed by atoms with E-state index in [1.54, 1.807) is 0 Å². The topological polar surface area (TPSA) is 55.4 Å². The van der Waals surface area contributed by atoms with E-state index in [9.17, 15) is 8.42 Å². The molecule has 0 atom stereocenters. The Hall–Kier alpha value is -0.110. The summed E-state index contributed by atoms with van der Waals surface area (Å²) in [6, 6.07) is 3.94. The SMILES string of the molecule is CCOc1c(Br)cc(Br)cc1CNCCCS(C)(=O)=O. The van der Waals surface area contributed by atoms with Crippen LogP contribution in [0.4, 0.5) is 0 Å². The van der Waals surface area contributed by atoms with Gasteiger partial charge in [0, 0.05) is 22.8 Å². The Labute approximate surface area is 137 Å². The number of ether oxygens (including phenoxy) is 1. The molecule has 1 aromatic carbocycles. The van der Waals surface area contributed by atoms with Gasteiger partial charge < -0.3 is 10.1 Å². The van der Waals surface area contributed by atoms with Crippen LogP contribution in [0, 0.1) is 0 Å². The summed E-state index contributed by atoms with van der Waals surface area (Å²) in [5.41, 5.74) is 1.03. The van der Waals surface area contributed by atoms with Crippen molar-refractivity contribution in [2.45, 2.75) is 19.9 Å². The molecule has 1 N–H and O–H groups in total. The highest BCUT2D eigenvalue weighted by Gasteiger charge is 2.10. The second-order valence-electron chi connectivity index (χ2n) is 4.47. The molecule has 0 heterocycles. The second-order valence-corrected chi connectivity index (χ2v) is 8.50. The van der Waals surface area contributed by atoms with Gasteiger partial charge in [0.15, 0.2) is 0 Å². The van der Waals surface area contributed by atoms with Crippen molar-refractivity contribution in [2.75, 3.05) is 25.2 Å². The third-order valence-corrected chi connectivity index (χ3v) is 4.64. The van der Waals surface area contributed by atoms with Crippen LogP contribution in [-0.4, -0.2) is 33.6 Å². The normalized spacial score (nSPS) is 11.6. The molecule has 0 unspecified atom stereocenters. The van der Waals surface area contributed by atoms with Gasteiger partial charge in [-0.3, -0.25) is 0 Å². The molecular formula is C13H19Br2NO3S. The van der Waals surface area contributed by atoms with E-state index < -0.39 is 9.84 Å². The fraction of sp³-hybridized carbons (Fsp3) is 0.538. The first-order valence-electron chi connectivity index (χ1n) is 6.32. The molecule has 0 fully saturated rings. The average Bonchev–Trinajstić information content (AvgIpc) is 2.31. The van der Waals surface area contributed by atoms with Crippen LogP contribution in [0.2, 0.25) is 0 Å². The lowest BCUT2D eigenvalue weighted by Crippen LogP contribution is -2.18. The van der Waals surface area contributed by atoms with E-state index in [-0.39, 0.29) is 5.75 Å². The van der Waals surface area contributed by atoms with Gasteiger partial charge in [-0.2, -0.15) is 0 Å². The van der Waals surface area contributed by atoms with E-state index in [2.05, 4.69) is 37.2 Å². The monoisotopic (exact) mass is 427 g/mol. The Balaban J connectivity index is 2.58. The quantitative estimate of drug-likeness (QED) is 0.646. The standard InChI is InChI=1S/C13H19Br2NO3S/c1-3-19-13-10(7-11(14)8-12(13)15)9-16-5-4-6-20(2,17)18/h7-8,16H,3-6,9H2,1-2H3. The Bertz CT molecular complexity index is 547. The molecule has 0 bridgehead atoms. The van der Waals surface area contributed by atoms with Crippen molar-refractivity contribution in [1.29, 1.82) is 0 Å². The van der Waals surface area contributed by atoms with E-state index >= 15 is 0 Å². The zero-order valence-electron chi connectivity index (χ0n) is 11.6. The van der Waals surface area contributed by atoms with Crippen LogP contribution in [0.1, 0.15) is 18.9 Å². The average molecular weight is 429 g/mol. The minimum atomic E-state index is -2.88. The van der Waals surface area contributed by atoms with Gasteiger partial charge in [-0.25, -0.2) is 8.42 Å². The lowest BCUT2D eigenvalue weighted by atomic mass is 10.2. The smallest absolute Gasteiger partial charge is 0.147 e. The predicted molar refractivity (Wildman–Crippen MR) is 89.0 cm³/mol. The molecule has 4 nitrogen and oxygen atoms in total. The number of halogens is 2. The first-order valence-corrected chi connectivity index (χ1v) is 9.97. The predicted octanol–water partition coefficient (Wildman–Crippen LogP) is 3.13. The summed E-state index contributed by atoms with van der Waals surface area (Å²) in [4.78, 5) is 0. The fourth-order valence-electron chi connectivity index (χ4n) is 1.73. The first kappa shape index (κ1) is 17.9. The van der Waals surface area contributed by atoms with Crippen LogP contribution >= 0.6 is 31.9 Å². The zero-order chi connectivity index (χ0) is 15.2. The molecule has 1 aromatic rings. The van der Waals surface area contributed by atoms with E-state index in [1.165, 1.54) is 6.26 Å². The zero-order valence-corrected chi connectivity index (χ0v) is 15.6. The summed E-state index contributed by atoms with van der Waals surface area (Å²) in [6.45, 7) is 3.83. The number of sulfone groups is 1. The third kappa shape index (κ3) is 6.56. The molecule has 114 valence electrons. The Morgan fingerprint density at radius 2 is 2.00 bits per heavy atom. The summed E-state index contributed by atoms with van der Waals surface area (Å²) in [7, 11) is -2.88. The first-order chi connectivity index (χ1) is 9.33. The van der Waals surface area contributed by atoms with Crippen LogP contribution in [0.3, 0.4) is 0 Å². The van der Waals surface area contributed by atoms with E-state index in [0.29, 0.717) is 26.1 Å². The summed E-state index contributed by atoms with van der Waals surface area (Å²) >= 11 is 6.94. The highest BCUT2D eigenvalue weighted by molar-refractivity contribution is 9.11. The Morgan fingerprint density at radius 1 is 1.30 bits per heavy atom. The number of hydrogen-bond donors (Lipinski definition) is 1. The summed E-state index contributed by atoms with van der Waals surface area (Å²) in [6.07, 6.45) is 1.86. The molecule has 1 rings (SSSR count). The summed E-state index contributed by atoms with van der Waals surface area (Å²) in [5, 5.41) is 3.24. The van der Waals surface area contributed by atoms with Crippen molar-refractivity contribution in [2.24, 2.45) is 0 Å². The van der Waals surface area contributed by atoms with Gasteiger partial charge in [0.1, 0.15) is 15.6 Å². The van der Waals surface area contributed by atoms with Crippen molar-refractivity contribution >= 4 is 41.7 Å². The number of rotatable bonds is 8. The maximum atomic E-state index is 11.0. The van der Waals surface area contributed by atoms with Crippen molar-refractivity contribution in [1.82, 2.24) is 5.32 Å². The molecule has 0 saturated carbocycles. The van der Waals surface area contributed by atoms with Gasteiger partial charge >= 0.3 is 0 Å². The molecule has 0 aliphatic heterocycles. The van der Waals surface area contributed by atoms with Crippen molar-refractivity contribution in [3.8, 4) is 5.75 Å². The van der Waals surface area contributed by atoms with Crippen LogP contribution in [-0.2, 0) is 16.4 Å². The largest absolute Gasteiger partial charge is 0.492 e. The van der Waals surface area contributed by atoms with Crippen LogP contribution in [0.25, 0.3) is 0 Å². The Kier molecular flexibility index (Phi) is 7.50. The van der Waals surface area contributed by atoms with Gasteiger partial charge in [-0.1, -0.05) is 15.9 Å². The summed E-state index contributed by atoms with van der Waals surface area (Å²) < 4.78 is 29.6. The van der Waals surface area contributed by atoms with Gasteiger partial charge in [0.05, 0.1) is 16.8 Å². The molecule has 0 aliphatic rings. The van der Waals surface area contributed by atoms with Gasteiger partial charge in [-0.15, -0.1) is 0 Å². The van der Waals surface area contributed by atoms with E-state index in [0.717, 1.165) is 20.3 Å². The lowest BCUT2D eigenvalue weighted by Gasteiger charge is -2.13. The van der Waals surface area contributed by atoms with E-state index in [1.807, 2.05) is 19.1 Å². The van der Waals surface area contributed by atoms with Crippen LogP contribution in [0.5, 0.6) is 5.75 Å². The maximum absolute atomic E-state index is 11.0. The molecule has 20 heavy (non-hydrogen) atoms. The molecule has 0 saturated heterocycles. The highest BCUT2D eigenvalue weighted by Crippen LogP contribution is 2.32. The second kappa shape index (κ2) is 8.36. The minimum Gasteiger partial charge on any atom is -0.492 e. The van der Waals surface area contributed by atoms with Crippen molar-refractivity contribution < 1.29 is 13.2 Å². The molecule has 7 heteroatoms. The fourth-order valence-corrected chi connectivity index (χ4v) is 3.83. The van der Waals surface area contributed by atoms with Crippen molar-refractivity contribution in [3.63, 3.8) is 0 Å². The minimum absolute atomic E-state index is 0.209. The number of benzene rings is 1. The number of nitrogens with one attached hydrogen (secondary N) is 1. The Morgan fingerprint density at radius 3 is 2.60 bits per heavy atom. The van der Waals surface area contributed by atoms with E-state index in [4.69, 9.17) is 4.74 Å². The third-order valence-electron chi connectivity index (χ3n) is 2.56. The molecule has 0 amide bonds. The van der Waals surface area contributed by atoms with Crippen LogP contribution < -0.4 is 10.1 Å². The highest BCUT2D eigenvalue weighted by atomic mass is 79.9. The van der Waals surface area contributed by atoms with Gasteiger partial charge in [0.25, 0.3) is 0 Å². The molecule has 0 aromatic heterocycles. The molecule has 0 spiro atoms. The molecular weight excluding hydrogens is 410 g/mol.